The van der Waals surface area contributed by atoms with Gasteiger partial charge >= 0.3 is 0 Å². The molecule has 0 amide bonds. The smallest absolute Gasteiger partial charge is 0.0796 e. The molecule has 2 N–H and O–H groups in total. The van der Waals surface area contributed by atoms with Crippen LogP contribution in [0.5, 0.6) is 0 Å². The minimum absolute atomic E-state index is 0.329. The second-order valence-electron chi connectivity index (χ2n) is 4.72. The number of rotatable bonds is 11. The van der Waals surface area contributed by atoms with Gasteiger partial charge < -0.3 is 10.4 Å². The third-order valence-corrected chi connectivity index (χ3v) is 2.91. The zero-order valence-corrected chi connectivity index (χ0v) is 13.4. The number of aryl methyl sites for hydroxylation is 2. The second-order valence-corrected chi connectivity index (χ2v) is 4.72. The van der Waals surface area contributed by atoms with E-state index in [2.05, 4.69) is 15.6 Å². The first kappa shape index (κ1) is 19.1. The van der Waals surface area contributed by atoms with Crippen LogP contribution in [0.3, 0.4) is 0 Å². The quantitative estimate of drug-likeness (QED) is 0.613. The molecule has 0 bridgehead atoms. The topological polar surface area (TPSA) is 63.0 Å². The van der Waals surface area contributed by atoms with Gasteiger partial charge in [0, 0.05) is 19.3 Å². The molecule has 0 aliphatic carbocycles. The van der Waals surface area contributed by atoms with Gasteiger partial charge in [0.15, 0.2) is 0 Å². The Kier molecular flexibility index (Phi) is 13.8. The summed E-state index contributed by atoms with van der Waals surface area (Å²) in [6.45, 7) is 9.41. The van der Waals surface area contributed by atoms with Crippen LogP contribution in [0.4, 0.5) is 0 Å². The lowest BCUT2D eigenvalue weighted by Gasteiger charge is -2.04. The van der Waals surface area contributed by atoms with E-state index < -0.39 is 0 Å². The minimum Gasteiger partial charge on any atom is -0.396 e. The Bertz CT molecular complexity index is 302. The van der Waals surface area contributed by atoms with Crippen molar-refractivity contribution in [3.8, 4) is 0 Å². The van der Waals surface area contributed by atoms with Gasteiger partial charge in [-0.3, -0.25) is 4.68 Å². The monoisotopic (exact) mass is 284 g/mol. The van der Waals surface area contributed by atoms with Gasteiger partial charge in [-0.25, -0.2) is 0 Å². The fourth-order valence-electron chi connectivity index (χ4n) is 1.87. The third-order valence-electron chi connectivity index (χ3n) is 2.91. The molecule has 1 aromatic heterocycles. The maximum absolute atomic E-state index is 8.63. The highest BCUT2D eigenvalue weighted by molar-refractivity contribution is 4.86. The van der Waals surface area contributed by atoms with Crippen molar-refractivity contribution in [2.24, 2.45) is 0 Å². The van der Waals surface area contributed by atoms with E-state index in [0.29, 0.717) is 6.61 Å². The molecule has 0 aromatic carbocycles. The maximum atomic E-state index is 8.63. The summed E-state index contributed by atoms with van der Waals surface area (Å²) < 4.78 is 1.91. The average molecular weight is 284 g/mol. The Morgan fingerprint density at radius 2 is 1.70 bits per heavy atom. The van der Waals surface area contributed by atoms with E-state index >= 15 is 0 Å². The number of nitrogens with one attached hydrogen (secondary N) is 1. The van der Waals surface area contributed by atoms with Crippen LogP contribution >= 0.6 is 0 Å². The number of aromatic nitrogens is 3. The molecule has 1 rings (SSSR count). The molecule has 5 nitrogen and oxygen atoms in total. The van der Waals surface area contributed by atoms with Gasteiger partial charge in [0.2, 0.25) is 0 Å². The molecule has 1 aromatic rings. The molecule has 0 fully saturated rings. The number of nitrogens with zero attached hydrogens (tertiary/aromatic N) is 3. The van der Waals surface area contributed by atoms with E-state index in [0.717, 1.165) is 44.6 Å². The molecule has 0 aliphatic rings. The van der Waals surface area contributed by atoms with Gasteiger partial charge in [-0.2, -0.15) is 0 Å². The van der Waals surface area contributed by atoms with Crippen LogP contribution in [0.1, 0.15) is 58.1 Å². The van der Waals surface area contributed by atoms with E-state index in [1.165, 1.54) is 19.3 Å². The Morgan fingerprint density at radius 3 is 2.30 bits per heavy atom. The first-order valence-corrected chi connectivity index (χ1v) is 8.01. The molecule has 0 aliphatic heterocycles. The van der Waals surface area contributed by atoms with E-state index in [-0.39, 0.29) is 0 Å². The van der Waals surface area contributed by atoms with Gasteiger partial charge in [0.05, 0.1) is 5.69 Å². The van der Waals surface area contributed by atoms with Crippen molar-refractivity contribution in [2.75, 3.05) is 19.7 Å². The third kappa shape index (κ3) is 10.9. The minimum atomic E-state index is 0.329. The molecule has 0 radical (unpaired) electrons. The van der Waals surface area contributed by atoms with Gasteiger partial charge in [0.25, 0.3) is 0 Å². The van der Waals surface area contributed by atoms with Crippen molar-refractivity contribution in [3.05, 3.63) is 11.9 Å². The lowest BCUT2D eigenvalue weighted by Crippen LogP contribution is -2.17. The van der Waals surface area contributed by atoms with Crippen LogP contribution in [0.15, 0.2) is 6.20 Å². The maximum Gasteiger partial charge on any atom is 0.0796 e. The number of aliphatic hydroxyl groups is 1. The Morgan fingerprint density at radius 1 is 1.05 bits per heavy atom. The molecule has 20 heavy (non-hydrogen) atoms. The Hall–Kier alpha value is -0.940. The molecule has 0 atom stereocenters. The van der Waals surface area contributed by atoms with Crippen molar-refractivity contribution in [1.29, 1.82) is 0 Å². The highest BCUT2D eigenvalue weighted by atomic mass is 16.2. The van der Waals surface area contributed by atoms with Crippen molar-refractivity contribution in [2.45, 2.75) is 65.8 Å². The summed E-state index contributed by atoms with van der Waals surface area (Å²) >= 11 is 0. The van der Waals surface area contributed by atoms with Crippen molar-refractivity contribution in [1.82, 2.24) is 20.3 Å². The molecule has 118 valence electrons. The summed E-state index contributed by atoms with van der Waals surface area (Å²) in [5.41, 5.74) is 0.982. The molecule has 0 unspecified atom stereocenters. The molecular formula is C15H32N4O. The normalized spacial score (nSPS) is 10.2. The standard InChI is InChI=1S/C13H26N4O.C2H6/c1-13-12-17(16-15-13)10-6-5-9-14-8-4-2-3-7-11-18;1-2/h12,14,18H,2-11H2,1H3;1-2H3. The summed E-state index contributed by atoms with van der Waals surface area (Å²) in [5.74, 6) is 0. The van der Waals surface area contributed by atoms with E-state index in [4.69, 9.17) is 5.11 Å². The molecule has 0 saturated carbocycles. The Balaban J connectivity index is 0.00000172. The van der Waals surface area contributed by atoms with E-state index in [1.807, 2.05) is 31.6 Å². The van der Waals surface area contributed by atoms with E-state index in [9.17, 15) is 0 Å². The molecule has 1 heterocycles. The molecule has 0 saturated heterocycles. The first-order valence-electron chi connectivity index (χ1n) is 8.01. The van der Waals surface area contributed by atoms with Crippen molar-refractivity contribution >= 4 is 0 Å². The fourth-order valence-corrected chi connectivity index (χ4v) is 1.87. The van der Waals surface area contributed by atoms with Gasteiger partial charge in [-0.15, -0.1) is 5.10 Å². The first-order chi connectivity index (χ1) is 9.83. The van der Waals surface area contributed by atoms with Crippen molar-refractivity contribution in [3.63, 3.8) is 0 Å². The summed E-state index contributed by atoms with van der Waals surface area (Å²) in [6.07, 6.45) is 8.81. The zero-order valence-electron chi connectivity index (χ0n) is 13.4. The van der Waals surface area contributed by atoms with Crippen LogP contribution in [0.25, 0.3) is 0 Å². The summed E-state index contributed by atoms with van der Waals surface area (Å²) in [5, 5.41) is 20.1. The molecular weight excluding hydrogens is 252 g/mol. The summed E-state index contributed by atoms with van der Waals surface area (Å²) in [4.78, 5) is 0. The van der Waals surface area contributed by atoms with Crippen LogP contribution < -0.4 is 5.32 Å². The average Bonchev–Trinajstić information content (AvgIpc) is 2.89. The van der Waals surface area contributed by atoms with Crippen LogP contribution in [-0.2, 0) is 6.54 Å². The summed E-state index contributed by atoms with van der Waals surface area (Å²) in [6, 6.07) is 0. The number of aliphatic hydroxyl groups excluding tert-OH is 1. The van der Waals surface area contributed by atoms with Crippen LogP contribution in [-0.4, -0.2) is 39.8 Å². The Labute approximate surface area is 123 Å². The summed E-state index contributed by atoms with van der Waals surface area (Å²) in [7, 11) is 0. The molecule has 5 heteroatoms. The van der Waals surface area contributed by atoms with Gasteiger partial charge in [-0.05, 0) is 45.7 Å². The molecule has 0 spiro atoms. The van der Waals surface area contributed by atoms with Gasteiger partial charge in [-0.1, -0.05) is 31.9 Å². The number of hydrogen-bond donors (Lipinski definition) is 2. The predicted molar refractivity (Wildman–Crippen MR) is 83.8 cm³/mol. The zero-order chi connectivity index (χ0) is 15.1. The van der Waals surface area contributed by atoms with E-state index in [1.54, 1.807) is 0 Å². The van der Waals surface area contributed by atoms with Crippen LogP contribution in [0.2, 0.25) is 0 Å². The second kappa shape index (κ2) is 14.5. The van der Waals surface area contributed by atoms with Gasteiger partial charge in [0.1, 0.15) is 0 Å². The lowest BCUT2D eigenvalue weighted by atomic mass is 10.2. The largest absolute Gasteiger partial charge is 0.396 e. The number of hydrogen-bond acceptors (Lipinski definition) is 4. The number of unbranched alkanes of at least 4 members (excludes halogenated alkanes) is 4. The fraction of sp³-hybridized carbons (Fsp3) is 0.867. The lowest BCUT2D eigenvalue weighted by molar-refractivity contribution is 0.282. The van der Waals surface area contributed by atoms with Crippen LogP contribution in [0, 0.1) is 6.92 Å². The highest BCUT2D eigenvalue weighted by Gasteiger charge is 1.95. The predicted octanol–water partition coefficient (Wildman–Crippen LogP) is 2.54. The van der Waals surface area contributed by atoms with Crippen molar-refractivity contribution < 1.29 is 5.11 Å². The SMILES string of the molecule is CC.Cc1cn(CCCCNCCCCCCO)nn1. The highest BCUT2D eigenvalue weighted by Crippen LogP contribution is 1.98.